The molecule has 314 valence electrons. The third kappa shape index (κ3) is 9.79. The lowest BCUT2D eigenvalue weighted by Gasteiger charge is -2.35. The van der Waals surface area contributed by atoms with Gasteiger partial charge >= 0.3 is 0 Å². The Hall–Kier alpha value is -5.82. The number of fused-ring (bicyclic) bond motifs is 1. The number of halogens is 1. The van der Waals surface area contributed by atoms with Gasteiger partial charge in [0.05, 0.1) is 54.3 Å². The monoisotopic (exact) mass is 857 g/mol. The average molecular weight is 858 g/mol. The maximum atomic E-state index is 13.3. The molecule has 4 aromatic rings. The number of thiazole rings is 1. The summed E-state index contributed by atoms with van der Waals surface area (Å²) < 4.78 is 11.4. The first-order valence-corrected chi connectivity index (χ1v) is 20.8. The van der Waals surface area contributed by atoms with Crippen molar-refractivity contribution in [3.63, 3.8) is 0 Å². The van der Waals surface area contributed by atoms with Gasteiger partial charge in [-0.15, -0.1) is 0 Å². The number of aryl methyl sites for hydroxylation is 3. The van der Waals surface area contributed by atoms with Crippen molar-refractivity contribution in [1.82, 2.24) is 30.1 Å². The zero-order chi connectivity index (χ0) is 42.3. The third-order valence-electron chi connectivity index (χ3n) is 10.3. The molecule has 5 heterocycles. The quantitative estimate of drug-likeness (QED) is 0.106. The summed E-state index contributed by atoms with van der Waals surface area (Å²) in [6.07, 6.45) is 2.99. The molecule has 2 aromatic heterocycles. The van der Waals surface area contributed by atoms with Crippen LogP contribution >= 0.6 is 22.9 Å². The van der Waals surface area contributed by atoms with Crippen LogP contribution in [-0.4, -0.2) is 119 Å². The summed E-state index contributed by atoms with van der Waals surface area (Å²) in [5.41, 5.74) is 2.67. The molecule has 2 fully saturated rings. The standard InChI is InChI=1S/C41H44ClN9O8S/c1-24-6-3-10-28(42)36(24)48-38(55)30-23-43-41(60-30)46-31-22-32(45-25(2)44-31)49-14-16-50(17-15-49)34(53)13-19-59-21-20-58-18-5-8-26-7-4-9-27-35(26)40(57)51(39(27)56)29-11-12-33(52)47-37(29)54/h3-4,6-7,9-10,22-23,29H,5,8,11-21H2,1-2H3,(H,48,55)(H,47,52,54)(H,43,44,45,46). The summed E-state index contributed by atoms with van der Waals surface area (Å²) in [6.45, 7) is 7.22. The molecule has 0 aliphatic carbocycles. The van der Waals surface area contributed by atoms with Crippen LogP contribution in [0, 0.1) is 13.8 Å². The summed E-state index contributed by atoms with van der Waals surface area (Å²) in [5, 5.41) is 9.21. The number of nitrogens with zero attached hydrogens (tertiary/aromatic N) is 6. The molecule has 0 bridgehead atoms. The van der Waals surface area contributed by atoms with Crippen LogP contribution in [0.25, 0.3) is 0 Å². The molecule has 2 aromatic carbocycles. The minimum absolute atomic E-state index is 0.00434. The fourth-order valence-corrected chi connectivity index (χ4v) is 8.26. The highest BCUT2D eigenvalue weighted by Crippen LogP contribution is 2.31. The van der Waals surface area contributed by atoms with Crippen LogP contribution in [0.4, 0.5) is 22.5 Å². The minimum atomic E-state index is -1.01. The highest BCUT2D eigenvalue weighted by Gasteiger charge is 2.45. The number of piperidine rings is 1. The van der Waals surface area contributed by atoms with Gasteiger partial charge in [0.1, 0.15) is 28.4 Å². The van der Waals surface area contributed by atoms with Crippen molar-refractivity contribution in [3.05, 3.63) is 86.6 Å². The van der Waals surface area contributed by atoms with E-state index in [0.29, 0.717) is 102 Å². The number of piperazine rings is 1. The lowest BCUT2D eigenvalue weighted by Crippen LogP contribution is -2.54. The van der Waals surface area contributed by atoms with E-state index in [0.717, 1.165) is 16.3 Å². The molecule has 0 radical (unpaired) electrons. The van der Waals surface area contributed by atoms with Crippen LogP contribution in [0.3, 0.4) is 0 Å². The van der Waals surface area contributed by atoms with Crippen LogP contribution < -0.4 is 20.9 Å². The Bertz CT molecular complexity index is 2290. The maximum absolute atomic E-state index is 13.3. The molecule has 3 aliphatic heterocycles. The van der Waals surface area contributed by atoms with Gasteiger partial charge in [0, 0.05) is 45.3 Å². The van der Waals surface area contributed by atoms with E-state index in [4.69, 9.17) is 21.1 Å². The predicted molar refractivity (Wildman–Crippen MR) is 223 cm³/mol. The van der Waals surface area contributed by atoms with E-state index >= 15 is 0 Å². The normalized spacial score (nSPS) is 16.6. The van der Waals surface area contributed by atoms with E-state index in [1.807, 2.05) is 30.0 Å². The van der Waals surface area contributed by atoms with Crippen molar-refractivity contribution < 1.29 is 38.2 Å². The number of amides is 6. The molecule has 0 saturated carbocycles. The van der Waals surface area contributed by atoms with E-state index < -0.39 is 29.7 Å². The molecular formula is C41H44ClN9O8S. The van der Waals surface area contributed by atoms with E-state index in [-0.39, 0.29) is 43.2 Å². The second-order valence-electron chi connectivity index (χ2n) is 14.4. The van der Waals surface area contributed by atoms with E-state index in [2.05, 4.69) is 35.8 Å². The first kappa shape index (κ1) is 42.3. The van der Waals surface area contributed by atoms with Gasteiger partial charge in [0.2, 0.25) is 17.7 Å². The van der Waals surface area contributed by atoms with Crippen LogP contribution in [0.15, 0.2) is 48.7 Å². The number of nitrogens with one attached hydrogen (secondary N) is 3. The number of ether oxygens (including phenoxy) is 2. The molecule has 60 heavy (non-hydrogen) atoms. The molecule has 1 unspecified atom stereocenters. The van der Waals surface area contributed by atoms with Crippen molar-refractivity contribution in [1.29, 1.82) is 0 Å². The Morgan fingerprint density at radius 3 is 2.48 bits per heavy atom. The molecule has 3 aliphatic rings. The van der Waals surface area contributed by atoms with Gasteiger partial charge in [0.15, 0.2) is 5.13 Å². The number of hydrogen-bond acceptors (Lipinski definition) is 14. The highest BCUT2D eigenvalue weighted by atomic mass is 35.5. The first-order valence-electron chi connectivity index (χ1n) is 19.6. The molecule has 2 saturated heterocycles. The van der Waals surface area contributed by atoms with Gasteiger partial charge < -0.3 is 29.9 Å². The van der Waals surface area contributed by atoms with E-state index in [1.54, 1.807) is 31.2 Å². The van der Waals surface area contributed by atoms with Crippen molar-refractivity contribution >= 4 is 80.8 Å². The number of hydrogen-bond donors (Lipinski definition) is 3. The number of carbonyl (C=O) groups is 6. The minimum Gasteiger partial charge on any atom is -0.379 e. The highest BCUT2D eigenvalue weighted by molar-refractivity contribution is 7.17. The van der Waals surface area contributed by atoms with Crippen LogP contribution in [-0.2, 0) is 30.3 Å². The number of carbonyl (C=O) groups excluding carboxylic acids is 6. The number of anilines is 4. The zero-order valence-corrected chi connectivity index (χ0v) is 34.7. The summed E-state index contributed by atoms with van der Waals surface area (Å²) in [6, 6.07) is 11.3. The number of benzene rings is 2. The molecule has 3 N–H and O–H groups in total. The lowest BCUT2D eigenvalue weighted by atomic mass is 9.99. The summed E-state index contributed by atoms with van der Waals surface area (Å²) >= 11 is 7.47. The van der Waals surface area contributed by atoms with Gasteiger partial charge in [-0.1, -0.05) is 47.2 Å². The maximum Gasteiger partial charge on any atom is 0.267 e. The second-order valence-corrected chi connectivity index (χ2v) is 15.9. The van der Waals surface area contributed by atoms with Crippen LogP contribution in [0.5, 0.6) is 0 Å². The zero-order valence-electron chi connectivity index (χ0n) is 33.1. The van der Waals surface area contributed by atoms with E-state index in [1.165, 1.54) is 17.5 Å². The lowest BCUT2D eigenvalue weighted by molar-refractivity contribution is -0.136. The number of aromatic nitrogens is 3. The topological polar surface area (TPSA) is 205 Å². The smallest absolute Gasteiger partial charge is 0.267 e. The molecular weight excluding hydrogens is 814 g/mol. The van der Waals surface area contributed by atoms with Crippen molar-refractivity contribution in [2.75, 3.05) is 68.1 Å². The number of rotatable bonds is 16. The van der Waals surface area contributed by atoms with Gasteiger partial charge in [-0.2, -0.15) is 0 Å². The molecule has 0 spiro atoms. The van der Waals surface area contributed by atoms with Crippen molar-refractivity contribution in [3.8, 4) is 0 Å². The first-order chi connectivity index (χ1) is 29.0. The number of para-hydroxylation sites is 1. The summed E-state index contributed by atoms with van der Waals surface area (Å²) in [5.74, 6) is -0.599. The SMILES string of the molecule is Cc1nc(Nc2ncc(C(=O)Nc3c(C)cccc3Cl)s2)cc(N2CCN(C(=O)CCOCCOCCCc3cccc4c3C(=O)N(C3CCC(=O)NC3=O)C4=O)CC2)n1. The summed E-state index contributed by atoms with van der Waals surface area (Å²) in [4.78, 5) is 95.0. The largest absolute Gasteiger partial charge is 0.379 e. The average Bonchev–Trinajstić information content (AvgIpc) is 3.80. The van der Waals surface area contributed by atoms with Crippen LogP contribution in [0.2, 0.25) is 5.02 Å². The molecule has 7 rings (SSSR count). The summed E-state index contributed by atoms with van der Waals surface area (Å²) in [7, 11) is 0. The van der Waals surface area contributed by atoms with Gasteiger partial charge in [-0.05, 0) is 56.4 Å². The fourth-order valence-electron chi connectivity index (χ4n) is 7.27. The van der Waals surface area contributed by atoms with Gasteiger partial charge in [-0.3, -0.25) is 39.0 Å². The Balaban J connectivity index is 0.785. The predicted octanol–water partition coefficient (Wildman–Crippen LogP) is 4.31. The molecule has 1 atom stereocenters. The molecule has 19 heteroatoms. The van der Waals surface area contributed by atoms with Gasteiger partial charge in [0.25, 0.3) is 17.7 Å². The Morgan fingerprint density at radius 1 is 0.950 bits per heavy atom. The van der Waals surface area contributed by atoms with Crippen molar-refractivity contribution in [2.24, 2.45) is 0 Å². The Kier molecular flexibility index (Phi) is 13.4. The van der Waals surface area contributed by atoms with Crippen LogP contribution in [0.1, 0.15) is 73.0 Å². The molecule has 17 nitrogen and oxygen atoms in total. The fraction of sp³-hybridized carbons (Fsp3) is 0.390. The number of imide groups is 2. The third-order valence-corrected chi connectivity index (χ3v) is 11.6. The second kappa shape index (κ2) is 19.1. The Labute approximate surface area is 354 Å². The van der Waals surface area contributed by atoms with E-state index in [9.17, 15) is 28.8 Å². The van der Waals surface area contributed by atoms with Crippen molar-refractivity contribution in [2.45, 2.75) is 52.0 Å². The Morgan fingerprint density at radius 2 is 1.72 bits per heavy atom. The molecule has 6 amide bonds. The van der Waals surface area contributed by atoms with Gasteiger partial charge in [-0.25, -0.2) is 15.0 Å².